The summed E-state index contributed by atoms with van der Waals surface area (Å²) in [5.41, 5.74) is 1.81. The van der Waals surface area contributed by atoms with E-state index in [1.807, 2.05) is 25.1 Å². The molecular weight excluding hydrogens is 368 g/mol. The lowest BCUT2D eigenvalue weighted by atomic mass is 10.1. The highest BCUT2D eigenvalue weighted by molar-refractivity contribution is 5.84. The van der Waals surface area contributed by atoms with Crippen LogP contribution in [-0.2, 0) is 6.42 Å². The molecule has 1 saturated heterocycles. The Kier molecular flexibility index (Phi) is 5.00. The van der Waals surface area contributed by atoms with E-state index in [9.17, 15) is 4.79 Å². The van der Waals surface area contributed by atoms with Gasteiger partial charge >= 0.3 is 5.63 Å². The molecule has 3 heterocycles. The molecule has 29 heavy (non-hydrogen) atoms. The number of hydrogen-bond donors (Lipinski definition) is 0. The van der Waals surface area contributed by atoms with Gasteiger partial charge in [0.25, 0.3) is 0 Å². The van der Waals surface area contributed by atoms with Crippen LogP contribution in [0.25, 0.3) is 22.4 Å². The summed E-state index contributed by atoms with van der Waals surface area (Å²) < 4.78 is 12.1. The Morgan fingerprint density at radius 3 is 2.69 bits per heavy atom. The maximum atomic E-state index is 12.8. The SMILES string of the molecule is CCc1cc(OC)cc2nc(-c3cccnc3N3CC[N+](C)(C)CC3)oc(=O)c12. The number of likely N-dealkylation sites (N-methyl/N-ethyl adjacent to an activating group) is 1. The lowest BCUT2D eigenvalue weighted by Crippen LogP contribution is -2.55. The van der Waals surface area contributed by atoms with Gasteiger partial charge in [-0.25, -0.2) is 14.8 Å². The lowest BCUT2D eigenvalue weighted by molar-refractivity contribution is -0.890. The smallest absolute Gasteiger partial charge is 0.347 e. The second-order valence-electron chi connectivity index (χ2n) is 8.09. The van der Waals surface area contributed by atoms with Crippen LogP contribution in [0.3, 0.4) is 0 Å². The van der Waals surface area contributed by atoms with Crippen LogP contribution in [0.2, 0.25) is 0 Å². The molecule has 4 rings (SSSR count). The predicted octanol–water partition coefficient (Wildman–Crippen LogP) is 2.72. The third-order valence-corrected chi connectivity index (χ3v) is 5.67. The number of rotatable bonds is 4. The molecule has 7 heteroatoms. The number of aryl methyl sites for hydroxylation is 1. The molecular formula is C22H27N4O3+. The van der Waals surface area contributed by atoms with Gasteiger partial charge in [0, 0.05) is 12.3 Å². The maximum absolute atomic E-state index is 12.8. The van der Waals surface area contributed by atoms with Gasteiger partial charge < -0.3 is 18.5 Å². The molecule has 0 saturated carbocycles. The number of anilines is 1. The standard InChI is InChI=1S/C22H27N4O3/c1-5-15-13-16(28-4)14-18-19(15)22(27)29-21(24-18)17-7-6-8-23-20(17)25-9-11-26(2,3)12-10-25/h6-8,13-14H,5,9-12H2,1-4H3/q+1. The predicted molar refractivity (Wildman–Crippen MR) is 113 cm³/mol. The maximum Gasteiger partial charge on any atom is 0.347 e. The van der Waals surface area contributed by atoms with Crippen LogP contribution >= 0.6 is 0 Å². The molecule has 0 spiro atoms. The van der Waals surface area contributed by atoms with Crippen LogP contribution in [0.15, 0.2) is 39.7 Å². The van der Waals surface area contributed by atoms with Crippen molar-refractivity contribution < 1.29 is 13.6 Å². The van der Waals surface area contributed by atoms with Gasteiger partial charge in [-0.05, 0) is 30.2 Å². The van der Waals surface area contributed by atoms with Gasteiger partial charge in [-0.1, -0.05) is 6.92 Å². The molecule has 1 aliphatic heterocycles. The lowest BCUT2D eigenvalue weighted by Gasteiger charge is -2.39. The highest BCUT2D eigenvalue weighted by atomic mass is 16.5. The summed E-state index contributed by atoms with van der Waals surface area (Å²) in [6.45, 7) is 5.84. The minimum Gasteiger partial charge on any atom is -0.497 e. The summed E-state index contributed by atoms with van der Waals surface area (Å²) in [5.74, 6) is 1.78. The quantitative estimate of drug-likeness (QED) is 0.633. The van der Waals surface area contributed by atoms with Crippen LogP contribution in [-0.4, -0.2) is 61.8 Å². The number of aromatic nitrogens is 2. The van der Waals surface area contributed by atoms with Gasteiger partial charge in [0.15, 0.2) is 0 Å². The zero-order valence-electron chi connectivity index (χ0n) is 17.4. The number of pyridine rings is 1. The van der Waals surface area contributed by atoms with E-state index in [2.05, 4.69) is 24.0 Å². The van der Waals surface area contributed by atoms with Crippen molar-refractivity contribution in [2.24, 2.45) is 0 Å². The minimum atomic E-state index is -0.379. The van der Waals surface area contributed by atoms with Gasteiger partial charge in [0.1, 0.15) is 11.6 Å². The molecule has 0 unspecified atom stereocenters. The van der Waals surface area contributed by atoms with E-state index in [4.69, 9.17) is 14.1 Å². The monoisotopic (exact) mass is 395 g/mol. The molecule has 7 nitrogen and oxygen atoms in total. The van der Waals surface area contributed by atoms with E-state index in [1.54, 1.807) is 19.4 Å². The first kappa shape index (κ1) is 19.4. The Hall–Kier alpha value is -2.93. The van der Waals surface area contributed by atoms with Crippen molar-refractivity contribution in [1.82, 2.24) is 9.97 Å². The number of methoxy groups -OCH3 is 1. The largest absolute Gasteiger partial charge is 0.497 e. The summed E-state index contributed by atoms with van der Waals surface area (Å²) in [6.07, 6.45) is 2.46. The van der Waals surface area contributed by atoms with Crippen molar-refractivity contribution in [3.8, 4) is 17.2 Å². The fourth-order valence-corrected chi connectivity index (χ4v) is 3.80. The number of quaternary nitrogens is 1. The zero-order valence-corrected chi connectivity index (χ0v) is 17.4. The van der Waals surface area contributed by atoms with Crippen molar-refractivity contribution in [2.75, 3.05) is 52.3 Å². The van der Waals surface area contributed by atoms with Crippen molar-refractivity contribution in [3.05, 3.63) is 46.4 Å². The second kappa shape index (κ2) is 7.48. The molecule has 152 valence electrons. The Labute approximate surface area is 170 Å². The highest BCUT2D eigenvalue weighted by Crippen LogP contribution is 2.30. The first-order valence-electron chi connectivity index (χ1n) is 9.96. The molecule has 0 amide bonds. The van der Waals surface area contributed by atoms with Crippen LogP contribution in [0.1, 0.15) is 12.5 Å². The van der Waals surface area contributed by atoms with Crippen molar-refractivity contribution in [3.63, 3.8) is 0 Å². The highest BCUT2D eigenvalue weighted by Gasteiger charge is 2.27. The summed E-state index contributed by atoms with van der Waals surface area (Å²) in [7, 11) is 6.08. The molecule has 3 aromatic rings. The van der Waals surface area contributed by atoms with Gasteiger partial charge in [-0.3, -0.25) is 0 Å². The van der Waals surface area contributed by atoms with E-state index in [1.165, 1.54) is 0 Å². The number of benzene rings is 1. The van der Waals surface area contributed by atoms with Gasteiger partial charge in [-0.15, -0.1) is 0 Å². The topological polar surface area (TPSA) is 68.5 Å². The molecule has 0 bridgehead atoms. The van der Waals surface area contributed by atoms with E-state index in [0.717, 1.165) is 47.6 Å². The Balaban J connectivity index is 1.83. The fourth-order valence-electron chi connectivity index (χ4n) is 3.80. The van der Waals surface area contributed by atoms with Gasteiger partial charge in [0.05, 0.1) is 63.9 Å². The van der Waals surface area contributed by atoms with Gasteiger partial charge in [0.2, 0.25) is 5.89 Å². The molecule has 0 radical (unpaired) electrons. The number of nitrogens with zero attached hydrogens (tertiary/aromatic N) is 4. The number of fused-ring (bicyclic) bond motifs is 1. The summed E-state index contributed by atoms with van der Waals surface area (Å²) in [6, 6.07) is 7.41. The van der Waals surface area contributed by atoms with Gasteiger partial charge in [-0.2, -0.15) is 0 Å². The first-order chi connectivity index (χ1) is 13.9. The van der Waals surface area contributed by atoms with Crippen LogP contribution in [0, 0.1) is 0 Å². The van der Waals surface area contributed by atoms with Crippen LogP contribution in [0.4, 0.5) is 5.82 Å². The molecule has 1 aromatic carbocycles. The Morgan fingerprint density at radius 2 is 2.00 bits per heavy atom. The molecule has 1 fully saturated rings. The van der Waals surface area contributed by atoms with Crippen LogP contribution in [0.5, 0.6) is 5.75 Å². The molecule has 0 aliphatic carbocycles. The van der Waals surface area contributed by atoms with Crippen LogP contribution < -0.4 is 15.3 Å². The fraction of sp³-hybridized carbons (Fsp3) is 0.409. The molecule has 2 aromatic heterocycles. The Morgan fingerprint density at radius 1 is 1.24 bits per heavy atom. The van der Waals surface area contributed by atoms with Crippen molar-refractivity contribution in [2.45, 2.75) is 13.3 Å². The van der Waals surface area contributed by atoms with E-state index in [0.29, 0.717) is 29.0 Å². The average Bonchev–Trinajstić information content (AvgIpc) is 2.72. The van der Waals surface area contributed by atoms with E-state index >= 15 is 0 Å². The van der Waals surface area contributed by atoms with Crippen molar-refractivity contribution >= 4 is 16.7 Å². The molecule has 0 atom stereocenters. The first-order valence-corrected chi connectivity index (χ1v) is 9.96. The Bertz CT molecular complexity index is 1100. The molecule has 1 aliphatic rings. The number of hydrogen-bond acceptors (Lipinski definition) is 6. The normalized spacial score (nSPS) is 16.2. The van der Waals surface area contributed by atoms with E-state index < -0.39 is 0 Å². The summed E-state index contributed by atoms with van der Waals surface area (Å²) >= 11 is 0. The number of ether oxygens (including phenoxy) is 1. The third kappa shape index (κ3) is 3.70. The molecule has 0 N–H and O–H groups in total. The zero-order chi connectivity index (χ0) is 20.6. The average molecular weight is 395 g/mol. The van der Waals surface area contributed by atoms with Crippen molar-refractivity contribution in [1.29, 1.82) is 0 Å². The minimum absolute atomic E-state index is 0.292. The summed E-state index contributed by atoms with van der Waals surface area (Å²) in [5, 5.41) is 0.513. The second-order valence-corrected chi connectivity index (χ2v) is 8.09. The number of piperazine rings is 1. The summed E-state index contributed by atoms with van der Waals surface area (Å²) in [4.78, 5) is 24.4. The third-order valence-electron chi connectivity index (χ3n) is 5.67. The van der Waals surface area contributed by atoms with E-state index in [-0.39, 0.29) is 5.63 Å².